The second kappa shape index (κ2) is 5.58. The van der Waals surface area contributed by atoms with Crippen molar-refractivity contribution in [1.29, 1.82) is 0 Å². The average molecular weight is 275 g/mol. The Hall–Kier alpha value is -0.450. The van der Waals surface area contributed by atoms with Crippen LogP contribution < -0.4 is 11.1 Å². The van der Waals surface area contributed by atoms with Crippen LogP contribution in [0.1, 0.15) is 24.9 Å². The van der Waals surface area contributed by atoms with Crippen molar-refractivity contribution in [3.63, 3.8) is 0 Å². The summed E-state index contributed by atoms with van der Waals surface area (Å²) in [5, 5.41) is 3.08. The molecule has 0 spiro atoms. The van der Waals surface area contributed by atoms with Gasteiger partial charge in [0.15, 0.2) is 0 Å². The van der Waals surface area contributed by atoms with Crippen molar-refractivity contribution in [2.75, 3.05) is 7.05 Å². The maximum atomic E-state index is 13.6. The second-order valence-electron chi connectivity index (χ2n) is 3.72. The van der Waals surface area contributed by atoms with Gasteiger partial charge in [-0.25, -0.2) is 4.39 Å². The van der Waals surface area contributed by atoms with Crippen molar-refractivity contribution >= 4 is 15.9 Å². The fraction of sp³-hybridized carbons (Fsp3) is 0.455. The highest BCUT2D eigenvalue weighted by molar-refractivity contribution is 9.10. The highest BCUT2D eigenvalue weighted by atomic mass is 79.9. The molecule has 0 aliphatic heterocycles. The topological polar surface area (TPSA) is 38.0 Å². The van der Waals surface area contributed by atoms with Gasteiger partial charge in [0.25, 0.3) is 0 Å². The molecular formula is C11H16BrFN2. The minimum Gasteiger partial charge on any atom is -0.328 e. The van der Waals surface area contributed by atoms with Crippen LogP contribution in [0.2, 0.25) is 0 Å². The zero-order valence-corrected chi connectivity index (χ0v) is 10.5. The quantitative estimate of drug-likeness (QED) is 0.886. The molecule has 0 amide bonds. The summed E-state index contributed by atoms with van der Waals surface area (Å²) in [6, 6.07) is 4.95. The van der Waals surface area contributed by atoms with Gasteiger partial charge in [0.2, 0.25) is 0 Å². The first-order valence-corrected chi connectivity index (χ1v) is 5.71. The molecule has 0 radical (unpaired) electrons. The molecular weight excluding hydrogens is 259 g/mol. The summed E-state index contributed by atoms with van der Waals surface area (Å²) in [5.41, 5.74) is 6.38. The first-order chi connectivity index (χ1) is 7.04. The van der Waals surface area contributed by atoms with Crippen LogP contribution in [0.5, 0.6) is 0 Å². The van der Waals surface area contributed by atoms with Crippen LogP contribution in [0.4, 0.5) is 4.39 Å². The van der Waals surface area contributed by atoms with E-state index in [2.05, 4.69) is 21.2 Å². The Morgan fingerprint density at radius 2 is 2.20 bits per heavy atom. The molecule has 0 bridgehead atoms. The molecule has 84 valence electrons. The first kappa shape index (κ1) is 12.6. The van der Waals surface area contributed by atoms with Gasteiger partial charge < -0.3 is 11.1 Å². The Labute approximate surface area is 98.2 Å². The predicted octanol–water partition coefficient (Wildman–Crippen LogP) is 2.59. The number of benzene rings is 1. The molecule has 1 rings (SSSR count). The van der Waals surface area contributed by atoms with Gasteiger partial charge in [-0.05, 0) is 38.6 Å². The van der Waals surface area contributed by atoms with Crippen LogP contribution in [-0.2, 0) is 0 Å². The highest BCUT2D eigenvalue weighted by Gasteiger charge is 2.15. The molecule has 0 aromatic heterocycles. The third-order valence-electron chi connectivity index (χ3n) is 2.29. The fourth-order valence-electron chi connectivity index (χ4n) is 1.55. The van der Waals surface area contributed by atoms with Gasteiger partial charge in [-0.1, -0.05) is 15.9 Å². The van der Waals surface area contributed by atoms with E-state index in [0.29, 0.717) is 12.0 Å². The largest absolute Gasteiger partial charge is 0.328 e. The molecule has 0 aliphatic carbocycles. The molecule has 1 aromatic carbocycles. The fourth-order valence-corrected chi connectivity index (χ4v) is 1.93. The van der Waals surface area contributed by atoms with Crippen molar-refractivity contribution in [1.82, 2.24) is 5.32 Å². The van der Waals surface area contributed by atoms with Gasteiger partial charge in [0.05, 0.1) is 0 Å². The lowest BCUT2D eigenvalue weighted by Crippen LogP contribution is -2.26. The third-order valence-corrected chi connectivity index (χ3v) is 2.78. The standard InChI is InChI=1S/C11H16BrFN2/c1-7(14)5-11(15-2)9-6-8(12)3-4-10(9)13/h3-4,6-7,11,15H,5,14H2,1-2H3. The first-order valence-electron chi connectivity index (χ1n) is 4.92. The Morgan fingerprint density at radius 3 is 2.73 bits per heavy atom. The molecule has 2 unspecified atom stereocenters. The van der Waals surface area contributed by atoms with E-state index in [9.17, 15) is 4.39 Å². The van der Waals surface area contributed by atoms with E-state index in [-0.39, 0.29) is 17.9 Å². The van der Waals surface area contributed by atoms with Crippen LogP contribution >= 0.6 is 15.9 Å². The summed E-state index contributed by atoms with van der Waals surface area (Å²) < 4.78 is 14.4. The van der Waals surface area contributed by atoms with Gasteiger partial charge in [-0.15, -0.1) is 0 Å². The van der Waals surface area contributed by atoms with Crippen molar-refractivity contribution in [3.8, 4) is 0 Å². The Bertz CT molecular complexity index is 328. The number of hydrogen-bond donors (Lipinski definition) is 2. The van der Waals surface area contributed by atoms with E-state index in [1.165, 1.54) is 6.07 Å². The van der Waals surface area contributed by atoms with Crippen LogP contribution in [0, 0.1) is 5.82 Å². The molecule has 1 aromatic rings. The van der Waals surface area contributed by atoms with Crippen molar-refractivity contribution < 1.29 is 4.39 Å². The predicted molar refractivity (Wildman–Crippen MR) is 64.2 cm³/mol. The zero-order chi connectivity index (χ0) is 11.4. The molecule has 0 fully saturated rings. The monoisotopic (exact) mass is 274 g/mol. The van der Waals surface area contributed by atoms with E-state index in [0.717, 1.165) is 4.47 Å². The van der Waals surface area contributed by atoms with Gasteiger partial charge in [0.1, 0.15) is 5.82 Å². The Kier molecular flexibility index (Phi) is 4.70. The lowest BCUT2D eigenvalue weighted by Gasteiger charge is -2.19. The van der Waals surface area contributed by atoms with Gasteiger partial charge in [0, 0.05) is 22.1 Å². The number of nitrogens with two attached hydrogens (primary N) is 1. The normalized spacial score (nSPS) is 15.0. The lowest BCUT2D eigenvalue weighted by atomic mass is 10.00. The molecule has 2 atom stereocenters. The summed E-state index contributed by atoms with van der Waals surface area (Å²) in [4.78, 5) is 0. The molecule has 4 heteroatoms. The van der Waals surface area contributed by atoms with Crippen molar-refractivity contribution in [2.45, 2.75) is 25.4 Å². The number of rotatable bonds is 4. The van der Waals surface area contributed by atoms with Crippen LogP contribution in [0.15, 0.2) is 22.7 Å². The smallest absolute Gasteiger partial charge is 0.128 e. The van der Waals surface area contributed by atoms with Crippen LogP contribution in [0.25, 0.3) is 0 Å². The number of hydrogen-bond acceptors (Lipinski definition) is 2. The summed E-state index contributed by atoms with van der Waals surface area (Å²) >= 11 is 3.33. The van der Waals surface area contributed by atoms with E-state index in [4.69, 9.17) is 5.73 Å². The van der Waals surface area contributed by atoms with Gasteiger partial charge >= 0.3 is 0 Å². The second-order valence-corrected chi connectivity index (χ2v) is 4.64. The van der Waals surface area contributed by atoms with E-state index < -0.39 is 0 Å². The summed E-state index contributed by atoms with van der Waals surface area (Å²) in [5.74, 6) is -0.196. The maximum Gasteiger partial charge on any atom is 0.128 e. The molecule has 15 heavy (non-hydrogen) atoms. The summed E-state index contributed by atoms with van der Waals surface area (Å²) in [7, 11) is 1.81. The van der Waals surface area contributed by atoms with E-state index in [1.807, 2.05) is 14.0 Å². The molecule has 0 saturated carbocycles. The van der Waals surface area contributed by atoms with Crippen LogP contribution in [0.3, 0.4) is 0 Å². The lowest BCUT2D eigenvalue weighted by molar-refractivity contribution is 0.474. The minimum absolute atomic E-state index is 0.0394. The SMILES string of the molecule is CNC(CC(C)N)c1cc(Br)ccc1F. The average Bonchev–Trinajstić information content (AvgIpc) is 2.18. The molecule has 0 aliphatic rings. The highest BCUT2D eigenvalue weighted by Crippen LogP contribution is 2.24. The third kappa shape index (κ3) is 3.55. The summed E-state index contributed by atoms with van der Waals surface area (Å²) in [6.07, 6.45) is 0.712. The molecule has 3 N–H and O–H groups in total. The molecule has 2 nitrogen and oxygen atoms in total. The van der Waals surface area contributed by atoms with Crippen molar-refractivity contribution in [3.05, 3.63) is 34.1 Å². The van der Waals surface area contributed by atoms with Crippen LogP contribution in [-0.4, -0.2) is 13.1 Å². The molecule has 0 saturated heterocycles. The Balaban J connectivity index is 2.95. The number of halogens is 2. The van der Waals surface area contributed by atoms with E-state index in [1.54, 1.807) is 12.1 Å². The van der Waals surface area contributed by atoms with E-state index >= 15 is 0 Å². The molecule has 0 heterocycles. The summed E-state index contributed by atoms with van der Waals surface area (Å²) in [6.45, 7) is 1.92. The maximum absolute atomic E-state index is 13.6. The van der Waals surface area contributed by atoms with Crippen molar-refractivity contribution in [2.24, 2.45) is 5.73 Å². The minimum atomic E-state index is -0.196. The van der Waals surface area contributed by atoms with Gasteiger partial charge in [-0.2, -0.15) is 0 Å². The Morgan fingerprint density at radius 1 is 1.53 bits per heavy atom. The van der Waals surface area contributed by atoms with Gasteiger partial charge in [-0.3, -0.25) is 0 Å². The number of nitrogens with one attached hydrogen (secondary N) is 1. The zero-order valence-electron chi connectivity index (χ0n) is 8.93.